The minimum Gasteiger partial charge on any atom is -0.353 e. The van der Waals surface area contributed by atoms with E-state index < -0.39 is 5.54 Å². The maximum Gasteiger partial charge on any atom is 0.239 e. The van der Waals surface area contributed by atoms with Crippen molar-refractivity contribution in [2.45, 2.75) is 51.1 Å². The standard InChI is InChI=1S/C16H27N3OS/c1-3-8-16(2,17)15(20)18-12-13(14-7-6-11-21-14)19-9-4-5-10-19/h6-7,11,13H,3-5,8-10,12,17H2,1-2H3,(H,18,20). The van der Waals surface area contributed by atoms with Crippen molar-refractivity contribution in [2.75, 3.05) is 19.6 Å². The van der Waals surface area contributed by atoms with Gasteiger partial charge in [0.25, 0.3) is 0 Å². The molecule has 2 atom stereocenters. The lowest BCUT2D eigenvalue weighted by molar-refractivity contribution is -0.126. The van der Waals surface area contributed by atoms with Gasteiger partial charge in [0.15, 0.2) is 0 Å². The molecular formula is C16H27N3OS. The molecule has 2 heterocycles. The van der Waals surface area contributed by atoms with E-state index in [2.05, 4.69) is 34.7 Å². The number of nitrogens with one attached hydrogen (secondary N) is 1. The lowest BCUT2D eigenvalue weighted by Crippen LogP contribution is -2.52. The van der Waals surface area contributed by atoms with E-state index in [4.69, 9.17) is 5.73 Å². The SMILES string of the molecule is CCCC(C)(N)C(=O)NCC(c1cccs1)N1CCCC1. The van der Waals surface area contributed by atoms with E-state index in [-0.39, 0.29) is 11.9 Å². The molecule has 118 valence electrons. The molecule has 5 heteroatoms. The fourth-order valence-electron chi connectivity index (χ4n) is 2.97. The van der Waals surface area contributed by atoms with Crippen molar-refractivity contribution in [3.63, 3.8) is 0 Å². The molecular weight excluding hydrogens is 282 g/mol. The number of hydrogen-bond donors (Lipinski definition) is 2. The van der Waals surface area contributed by atoms with Gasteiger partial charge in [-0.1, -0.05) is 19.4 Å². The van der Waals surface area contributed by atoms with Crippen LogP contribution in [-0.4, -0.2) is 36.0 Å². The first-order valence-electron chi connectivity index (χ1n) is 7.89. The molecule has 1 saturated heterocycles. The molecule has 21 heavy (non-hydrogen) atoms. The molecule has 2 rings (SSSR count). The van der Waals surface area contributed by atoms with Crippen LogP contribution in [0.3, 0.4) is 0 Å². The van der Waals surface area contributed by atoms with Crippen molar-refractivity contribution < 1.29 is 4.79 Å². The average molecular weight is 309 g/mol. The second-order valence-corrected chi connectivity index (χ2v) is 7.13. The van der Waals surface area contributed by atoms with Gasteiger partial charge in [0.05, 0.1) is 11.6 Å². The zero-order chi connectivity index (χ0) is 15.3. The van der Waals surface area contributed by atoms with Gasteiger partial charge in [-0.3, -0.25) is 9.69 Å². The third-order valence-corrected chi connectivity index (χ3v) is 5.17. The van der Waals surface area contributed by atoms with Gasteiger partial charge in [0, 0.05) is 11.4 Å². The number of likely N-dealkylation sites (tertiary alicyclic amines) is 1. The van der Waals surface area contributed by atoms with Crippen LogP contribution in [0.25, 0.3) is 0 Å². The summed E-state index contributed by atoms with van der Waals surface area (Å²) in [6.07, 6.45) is 4.13. The first-order chi connectivity index (χ1) is 10.0. The number of carbonyl (C=O) groups is 1. The highest BCUT2D eigenvalue weighted by atomic mass is 32.1. The van der Waals surface area contributed by atoms with E-state index in [0.29, 0.717) is 13.0 Å². The van der Waals surface area contributed by atoms with Crippen LogP contribution >= 0.6 is 11.3 Å². The fraction of sp³-hybridized carbons (Fsp3) is 0.688. The topological polar surface area (TPSA) is 58.4 Å². The number of carbonyl (C=O) groups excluding carboxylic acids is 1. The zero-order valence-corrected chi connectivity index (χ0v) is 13.9. The Kier molecular flexibility index (Phi) is 5.79. The Balaban J connectivity index is 1.98. The quantitative estimate of drug-likeness (QED) is 0.813. The molecule has 0 spiro atoms. The molecule has 1 aliphatic heterocycles. The summed E-state index contributed by atoms with van der Waals surface area (Å²) < 4.78 is 0. The maximum absolute atomic E-state index is 12.3. The molecule has 0 aliphatic carbocycles. The van der Waals surface area contributed by atoms with Crippen LogP contribution in [0.5, 0.6) is 0 Å². The first kappa shape index (κ1) is 16.5. The second kappa shape index (κ2) is 7.38. The van der Waals surface area contributed by atoms with Gasteiger partial charge in [0.1, 0.15) is 0 Å². The molecule has 1 fully saturated rings. The zero-order valence-electron chi connectivity index (χ0n) is 13.1. The summed E-state index contributed by atoms with van der Waals surface area (Å²) in [4.78, 5) is 16.1. The number of nitrogens with two attached hydrogens (primary N) is 1. The van der Waals surface area contributed by atoms with Gasteiger partial charge in [-0.2, -0.15) is 0 Å². The molecule has 1 aromatic heterocycles. The predicted octanol–water partition coefficient (Wildman–Crippen LogP) is 2.52. The monoisotopic (exact) mass is 309 g/mol. The highest BCUT2D eigenvalue weighted by Crippen LogP contribution is 2.28. The predicted molar refractivity (Wildman–Crippen MR) is 88.4 cm³/mol. The molecule has 3 N–H and O–H groups in total. The van der Waals surface area contributed by atoms with Crippen LogP contribution < -0.4 is 11.1 Å². The number of amides is 1. The minimum absolute atomic E-state index is 0.0369. The highest BCUT2D eigenvalue weighted by Gasteiger charge is 2.29. The fourth-order valence-corrected chi connectivity index (χ4v) is 3.83. The highest BCUT2D eigenvalue weighted by molar-refractivity contribution is 7.10. The number of rotatable bonds is 7. The summed E-state index contributed by atoms with van der Waals surface area (Å²) >= 11 is 1.76. The van der Waals surface area contributed by atoms with Gasteiger partial charge >= 0.3 is 0 Å². The van der Waals surface area contributed by atoms with Crippen molar-refractivity contribution >= 4 is 17.2 Å². The molecule has 4 nitrogen and oxygen atoms in total. The molecule has 0 aromatic carbocycles. The maximum atomic E-state index is 12.3. The number of nitrogens with zero attached hydrogens (tertiary/aromatic N) is 1. The van der Waals surface area contributed by atoms with Crippen LogP contribution in [0.1, 0.15) is 50.4 Å². The molecule has 0 radical (unpaired) electrons. The first-order valence-corrected chi connectivity index (χ1v) is 8.77. The van der Waals surface area contributed by atoms with Crippen LogP contribution in [0.2, 0.25) is 0 Å². The normalized spacial score (nSPS) is 20.1. The average Bonchev–Trinajstić information content (AvgIpc) is 3.12. The van der Waals surface area contributed by atoms with Gasteiger partial charge in [-0.05, 0) is 50.7 Å². The Labute approximate surface area is 131 Å². The smallest absolute Gasteiger partial charge is 0.239 e. The Morgan fingerprint density at radius 3 is 2.81 bits per heavy atom. The lowest BCUT2D eigenvalue weighted by atomic mass is 9.96. The summed E-state index contributed by atoms with van der Waals surface area (Å²) in [7, 11) is 0. The summed E-state index contributed by atoms with van der Waals surface area (Å²) in [6, 6.07) is 4.52. The number of hydrogen-bond acceptors (Lipinski definition) is 4. The van der Waals surface area contributed by atoms with Crippen molar-refractivity contribution in [3.05, 3.63) is 22.4 Å². The van der Waals surface area contributed by atoms with Gasteiger partial charge in [-0.25, -0.2) is 0 Å². The summed E-state index contributed by atoms with van der Waals surface area (Å²) in [5, 5.41) is 5.18. The van der Waals surface area contributed by atoms with E-state index in [1.807, 2.05) is 6.92 Å². The van der Waals surface area contributed by atoms with Gasteiger partial charge in [0.2, 0.25) is 5.91 Å². The van der Waals surface area contributed by atoms with Crippen LogP contribution in [0, 0.1) is 0 Å². The molecule has 1 aliphatic rings. The van der Waals surface area contributed by atoms with Gasteiger partial charge in [-0.15, -0.1) is 11.3 Å². The van der Waals surface area contributed by atoms with Crippen molar-refractivity contribution in [2.24, 2.45) is 5.73 Å². The largest absolute Gasteiger partial charge is 0.353 e. The summed E-state index contributed by atoms with van der Waals surface area (Å²) in [5.41, 5.74) is 5.34. The molecule has 0 bridgehead atoms. The Morgan fingerprint density at radius 2 is 2.24 bits per heavy atom. The van der Waals surface area contributed by atoms with E-state index >= 15 is 0 Å². The minimum atomic E-state index is -0.764. The summed E-state index contributed by atoms with van der Waals surface area (Å²) in [5.74, 6) is -0.0369. The van der Waals surface area contributed by atoms with Crippen molar-refractivity contribution in [3.8, 4) is 0 Å². The third kappa shape index (κ3) is 4.28. The Morgan fingerprint density at radius 1 is 1.52 bits per heavy atom. The Hall–Kier alpha value is -0.910. The second-order valence-electron chi connectivity index (χ2n) is 6.15. The molecule has 1 amide bonds. The Bertz CT molecular complexity index is 438. The summed E-state index contributed by atoms with van der Waals surface area (Å²) in [6.45, 7) is 6.76. The molecule has 2 unspecified atom stereocenters. The van der Waals surface area contributed by atoms with Crippen LogP contribution in [0.4, 0.5) is 0 Å². The molecule has 0 saturated carbocycles. The third-order valence-electron chi connectivity index (χ3n) is 4.20. The van der Waals surface area contributed by atoms with E-state index in [1.165, 1.54) is 17.7 Å². The van der Waals surface area contributed by atoms with Crippen LogP contribution in [0.15, 0.2) is 17.5 Å². The lowest BCUT2D eigenvalue weighted by Gasteiger charge is -2.29. The van der Waals surface area contributed by atoms with E-state index in [1.54, 1.807) is 11.3 Å². The van der Waals surface area contributed by atoms with Gasteiger partial charge < -0.3 is 11.1 Å². The van der Waals surface area contributed by atoms with E-state index in [0.717, 1.165) is 19.5 Å². The van der Waals surface area contributed by atoms with Crippen molar-refractivity contribution in [1.29, 1.82) is 0 Å². The van der Waals surface area contributed by atoms with Crippen molar-refractivity contribution in [1.82, 2.24) is 10.2 Å². The van der Waals surface area contributed by atoms with E-state index in [9.17, 15) is 4.79 Å². The number of thiophene rings is 1. The molecule has 1 aromatic rings. The van der Waals surface area contributed by atoms with Crippen LogP contribution in [-0.2, 0) is 4.79 Å².